The number of ketones is 1. The molecule has 1 aromatic heterocycles. The van der Waals surface area contributed by atoms with Crippen LogP contribution in [-0.2, 0) is 10.2 Å². The third-order valence-electron chi connectivity index (χ3n) is 8.22. The molecule has 220 valence electrons. The molecular weight excluding hydrogens is 510 g/mol. The van der Waals surface area contributed by atoms with Gasteiger partial charge in [0.25, 0.3) is 0 Å². The molecule has 1 fully saturated rings. The maximum Gasteiger partial charge on any atom is 0.324 e. The summed E-state index contributed by atoms with van der Waals surface area (Å²) in [5.74, 6) is 0.793. The van der Waals surface area contributed by atoms with E-state index < -0.39 is 5.41 Å². The number of aryl methyl sites for hydroxylation is 1. The molecule has 1 aliphatic heterocycles. The number of carbonyl (C=O) groups is 2. The zero-order valence-corrected chi connectivity index (χ0v) is 25.8. The summed E-state index contributed by atoms with van der Waals surface area (Å²) in [7, 11) is 0. The minimum Gasteiger partial charge on any atom is -0.317 e. The highest BCUT2D eigenvalue weighted by molar-refractivity contribution is 6.01. The third kappa shape index (κ3) is 7.25. The number of hydrogen-bond donors (Lipinski definition) is 3. The Morgan fingerprint density at radius 3 is 2.29 bits per heavy atom. The third-order valence-corrected chi connectivity index (χ3v) is 8.22. The summed E-state index contributed by atoms with van der Waals surface area (Å²) >= 11 is 0. The first-order chi connectivity index (χ1) is 19.4. The fourth-order valence-electron chi connectivity index (χ4n) is 5.83. The van der Waals surface area contributed by atoms with Crippen molar-refractivity contribution in [3.63, 3.8) is 0 Å². The van der Waals surface area contributed by atoms with Crippen LogP contribution in [-0.4, -0.2) is 34.7 Å². The van der Waals surface area contributed by atoms with Crippen LogP contribution in [0.4, 0.5) is 16.3 Å². The Balaban J connectivity index is 1.66. The molecule has 2 heterocycles. The summed E-state index contributed by atoms with van der Waals surface area (Å²) in [4.78, 5) is 27.7. The number of aromatic nitrogens is 2. The summed E-state index contributed by atoms with van der Waals surface area (Å²) in [6.07, 6.45) is 3.66. The molecule has 3 N–H and O–H groups in total. The Bertz CT molecular complexity index is 1340. The Morgan fingerprint density at radius 1 is 1.00 bits per heavy atom. The Kier molecular flexibility index (Phi) is 9.37. The number of piperidine rings is 1. The van der Waals surface area contributed by atoms with Crippen molar-refractivity contribution in [2.75, 3.05) is 23.7 Å². The maximum absolute atomic E-state index is 14.1. The number of para-hydroxylation sites is 1. The molecule has 1 unspecified atom stereocenters. The average molecular weight is 558 g/mol. The molecule has 4 rings (SSSR count). The SMILES string of the molecule is CCCC(C)(C)C(=O)C(c1ccccc1NC(=O)Nc1cc(C(C)(C)C)nn1-c1ccc(C)cc1)C1CCNCC1. The molecule has 2 aromatic carbocycles. The fourth-order valence-corrected chi connectivity index (χ4v) is 5.83. The molecular formula is C34H47N5O2. The van der Waals surface area contributed by atoms with Gasteiger partial charge in [-0.2, -0.15) is 5.10 Å². The molecule has 2 amide bonds. The zero-order valence-electron chi connectivity index (χ0n) is 25.8. The number of amides is 2. The predicted octanol–water partition coefficient (Wildman–Crippen LogP) is 7.60. The van der Waals surface area contributed by atoms with E-state index in [0.717, 1.165) is 61.3 Å². The average Bonchev–Trinajstić information content (AvgIpc) is 3.35. The van der Waals surface area contributed by atoms with Gasteiger partial charge in [-0.25, -0.2) is 9.48 Å². The summed E-state index contributed by atoms with van der Waals surface area (Å²) in [5, 5.41) is 14.4. The lowest BCUT2D eigenvalue weighted by atomic mass is 9.69. The first-order valence-electron chi connectivity index (χ1n) is 15.0. The van der Waals surface area contributed by atoms with Gasteiger partial charge < -0.3 is 10.6 Å². The number of urea groups is 1. The molecule has 0 spiro atoms. The normalized spacial score (nSPS) is 15.4. The van der Waals surface area contributed by atoms with E-state index in [1.54, 1.807) is 4.68 Å². The van der Waals surface area contributed by atoms with Crippen LogP contribution in [0.1, 0.15) is 90.0 Å². The van der Waals surface area contributed by atoms with Crippen LogP contribution in [0, 0.1) is 18.3 Å². The minimum atomic E-state index is -0.441. The van der Waals surface area contributed by atoms with Crippen molar-refractivity contribution in [1.82, 2.24) is 15.1 Å². The molecule has 1 atom stereocenters. The van der Waals surface area contributed by atoms with Gasteiger partial charge in [-0.15, -0.1) is 0 Å². The van der Waals surface area contributed by atoms with Crippen LogP contribution in [0.15, 0.2) is 54.6 Å². The van der Waals surface area contributed by atoms with E-state index in [-0.39, 0.29) is 29.1 Å². The van der Waals surface area contributed by atoms with Gasteiger partial charge in [0.05, 0.1) is 11.4 Å². The van der Waals surface area contributed by atoms with E-state index in [1.807, 2.05) is 61.5 Å². The summed E-state index contributed by atoms with van der Waals surface area (Å²) in [5.41, 5.74) is 3.84. The van der Waals surface area contributed by atoms with E-state index in [9.17, 15) is 9.59 Å². The second-order valence-corrected chi connectivity index (χ2v) is 13.1. The van der Waals surface area contributed by atoms with Crippen LogP contribution in [0.2, 0.25) is 0 Å². The fraction of sp³-hybridized carbons (Fsp3) is 0.500. The number of carbonyl (C=O) groups excluding carboxylic acids is 2. The smallest absolute Gasteiger partial charge is 0.317 e. The summed E-state index contributed by atoms with van der Waals surface area (Å²) in [6, 6.07) is 17.4. The van der Waals surface area contributed by atoms with Crippen molar-refractivity contribution in [1.29, 1.82) is 0 Å². The van der Waals surface area contributed by atoms with Crippen molar-refractivity contribution < 1.29 is 9.59 Å². The highest BCUT2D eigenvalue weighted by Crippen LogP contribution is 2.41. The lowest BCUT2D eigenvalue weighted by Gasteiger charge is -2.36. The molecule has 3 aromatic rings. The number of benzene rings is 2. The van der Waals surface area contributed by atoms with Gasteiger partial charge in [-0.05, 0) is 69.0 Å². The first kappa shape index (κ1) is 30.5. The van der Waals surface area contributed by atoms with E-state index in [0.29, 0.717) is 11.5 Å². The predicted molar refractivity (Wildman–Crippen MR) is 168 cm³/mol. The number of nitrogens with one attached hydrogen (secondary N) is 3. The van der Waals surface area contributed by atoms with Gasteiger partial charge in [-0.3, -0.25) is 10.1 Å². The van der Waals surface area contributed by atoms with Gasteiger partial charge in [0.2, 0.25) is 0 Å². The second kappa shape index (κ2) is 12.6. The van der Waals surface area contributed by atoms with E-state index in [2.05, 4.69) is 57.5 Å². The van der Waals surface area contributed by atoms with Crippen LogP contribution in [0.25, 0.3) is 5.69 Å². The van der Waals surface area contributed by atoms with Crippen LogP contribution in [0.5, 0.6) is 0 Å². The first-order valence-corrected chi connectivity index (χ1v) is 15.0. The molecule has 1 aliphatic rings. The number of anilines is 2. The molecule has 0 aliphatic carbocycles. The van der Waals surface area contributed by atoms with Gasteiger partial charge in [0.1, 0.15) is 11.6 Å². The second-order valence-electron chi connectivity index (χ2n) is 13.1. The van der Waals surface area contributed by atoms with Crippen LogP contribution < -0.4 is 16.0 Å². The van der Waals surface area contributed by atoms with Gasteiger partial charge >= 0.3 is 6.03 Å². The molecule has 7 nitrogen and oxygen atoms in total. The Morgan fingerprint density at radius 2 is 1.66 bits per heavy atom. The van der Waals surface area contributed by atoms with E-state index in [4.69, 9.17) is 5.10 Å². The number of Topliss-reactive ketones (excluding diaryl/α,β-unsaturated/α-hetero) is 1. The van der Waals surface area contributed by atoms with Crippen molar-refractivity contribution >= 4 is 23.3 Å². The van der Waals surface area contributed by atoms with Crippen LogP contribution >= 0.6 is 0 Å². The summed E-state index contributed by atoms with van der Waals surface area (Å²) in [6.45, 7) is 16.4. The topological polar surface area (TPSA) is 88.1 Å². The number of hydrogen-bond acceptors (Lipinski definition) is 4. The number of nitrogens with zero attached hydrogens (tertiary/aromatic N) is 2. The van der Waals surface area contributed by atoms with Crippen molar-refractivity contribution in [3.8, 4) is 5.69 Å². The maximum atomic E-state index is 14.1. The van der Waals surface area contributed by atoms with Gasteiger partial charge in [-0.1, -0.05) is 83.9 Å². The quantitative estimate of drug-likeness (QED) is 0.253. The van der Waals surface area contributed by atoms with Crippen molar-refractivity contribution in [2.24, 2.45) is 11.3 Å². The monoisotopic (exact) mass is 557 g/mol. The lowest BCUT2D eigenvalue weighted by Crippen LogP contribution is -2.39. The minimum absolute atomic E-state index is 0.191. The van der Waals surface area contributed by atoms with E-state index in [1.165, 1.54) is 0 Å². The zero-order chi connectivity index (χ0) is 29.8. The molecule has 0 bridgehead atoms. The lowest BCUT2D eigenvalue weighted by molar-refractivity contribution is -0.130. The molecule has 0 radical (unpaired) electrons. The number of rotatable bonds is 9. The molecule has 0 saturated carbocycles. The Hall–Kier alpha value is -3.45. The van der Waals surface area contributed by atoms with Crippen molar-refractivity contribution in [2.45, 2.75) is 85.5 Å². The van der Waals surface area contributed by atoms with E-state index >= 15 is 0 Å². The highest BCUT2D eigenvalue weighted by Gasteiger charge is 2.39. The molecule has 1 saturated heterocycles. The van der Waals surface area contributed by atoms with Crippen molar-refractivity contribution in [3.05, 3.63) is 71.4 Å². The highest BCUT2D eigenvalue weighted by atomic mass is 16.2. The van der Waals surface area contributed by atoms with Gasteiger partial charge in [0.15, 0.2) is 0 Å². The largest absolute Gasteiger partial charge is 0.324 e. The standard InChI is InChI=1S/C34H47N5O2/c1-8-19-34(6,7)31(40)30(24-17-20-35-21-18-24)26-11-9-10-12-27(26)36-32(41)37-29-22-28(33(3,4)5)38-39(29)25-15-13-23(2)14-16-25/h9-16,22,24,30,35H,8,17-21H2,1-7H3,(H2,36,37,41). The molecule has 7 heteroatoms. The van der Waals surface area contributed by atoms with Gasteiger partial charge in [0, 0.05) is 28.5 Å². The Labute approximate surface area is 245 Å². The molecule has 41 heavy (non-hydrogen) atoms. The van der Waals surface area contributed by atoms with Crippen LogP contribution in [0.3, 0.4) is 0 Å². The summed E-state index contributed by atoms with van der Waals surface area (Å²) < 4.78 is 1.78.